The monoisotopic (exact) mass is 147 g/mol. The van der Waals surface area contributed by atoms with Gasteiger partial charge in [0.15, 0.2) is 0 Å². The van der Waals surface area contributed by atoms with Crippen LogP contribution in [0.4, 0.5) is 0 Å². The topological polar surface area (TPSA) is 55.5 Å². The fourth-order valence-electron chi connectivity index (χ4n) is 1.02. The quantitative estimate of drug-likeness (QED) is 0.563. The molecule has 0 aromatic carbocycles. The van der Waals surface area contributed by atoms with Gasteiger partial charge in [-0.1, -0.05) is 13.8 Å². The van der Waals surface area contributed by atoms with Gasteiger partial charge < -0.3 is 15.6 Å². The van der Waals surface area contributed by atoms with Crippen molar-refractivity contribution >= 4 is 0 Å². The molecule has 0 aliphatic carbocycles. The number of methoxy groups -OCH3 is 1. The summed E-state index contributed by atoms with van der Waals surface area (Å²) in [5.74, 6) is 0. The molecule has 0 spiro atoms. The third kappa shape index (κ3) is 4.73. The second kappa shape index (κ2) is 3.91. The zero-order chi connectivity index (χ0) is 8.20. The van der Waals surface area contributed by atoms with Crippen molar-refractivity contribution in [2.75, 3.05) is 13.7 Å². The van der Waals surface area contributed by atoms with E-state index in [-0.39, 0.29) is 5.41 Å². The Morgan fingerprint density at radius 2 is 2.10 bits per heavy atom. The van der Waals surface area contributed by atoms with Crippen molar-refractivity contribution in [3.63, 3.8) is 0 Å². The van der Waals surface area contributed by atoms with Gasteiger partial charge in [-0.15, -0.1) is 0 Å². The lowest BCUT2D eigenvalue weighted by Crippen LogP contribution is -2.30. The summed E-state index contributed by atoms with van der Waals surface area (Å²) < 4.78 is 4.94. The standard InChI is InChI=1S/C7H17NO2/c1-7(2,5-10-3)4-6(8)9/h6,9H,4-5,8H2,1-3H3. The molecule has 0 rings (SSSR count). The molecule has 0 aromatic heterocycles. The Kier molecular flexibility index (Phi) is 3.86. The molecule has 3 nitrogen and oxygen atoms in total. The summed E-state index contributed by atoms with van der Waals surface area (Å²) in [6.45, 7) is 4.64. The van der Waals surface area contributed by atoms with Gasteiger partial charge in [-0.2, -0.15) is 0 Å². The third-order valence-corrected chi connectivity index (χ3v) is 1.30. The Bertz CT molecular complexity index is 91.6. The molecule has 10 heavy (non-hydrogen) atoms. The smallest absolute Gasteiger partial charge is 0.103 e. The summed E-state index contributed by atoms with van der Waals surface area (Å²) in [7, 11) is 1.64. The van der Waals surface area contributed by atoms with Gasteiger partial charge in [-0.25, -0.2) is 0 Å². The number of aliphatic hydroxyl groups is 1. The van der Waals surface area contributed by atoms with E-state index >= 15 is 0 Å². The largest absolute Gasteiger partial charge is 0.384 e. The van der Waals surface area contributed by atoms with Crippen molar-refractivity contribution in [2.24, 2.45) is 11.1 Å². The van der Waals surface area contributed by atoms with Gasteiger partial charge in [0.1, 0.15) is 6.23 Å². The van der Waals surface area contributed by atoms with Crippen molar-refractivity contribution in [1.82, 2.24) is 0 Å². The summed E-state index contributed by atoms with van der Waals surface area (Å²) in [4.78, 5) is 0. The van der Waals surface area contributed by atoms with Crippen LogP contribution in [0.15, 0.2) is 0 Å². The molecule has 0 aliphatic heterocycles. The molecule has 0 saturated heterocycles. The molecule has 1 unspecified atom stereocenters. The van der Waals surface area contributed by atoms with Crippen LogP contribution in [0.5, 0.6) is 0 Å². The van der Waals surface area contributed by atoms with E-state index in [1.807, 2.05) is 13.8 Å². The second-order valence-corrected chi connectivity index (χ2v) is 3.37. The Labute approximate surface area is 62.2 Å². The zero-order valence-electron chi connectivity index (χ0n) is 6.92. The number of aliphatic hydroxyl groups excluding tert-OH is 1. The van der Waals surface area contributed by atoms with Gasteiger partial charge in [0, 0.05) is 7.11 Å². The Morgan fingerprint density at radius 3 is 2.40 bits per heavy atom. The van der Waals surface area contributed by atoms with Crippen molar-refractivity contribution in [3.05, 3.63) is 0 Å². The normalized spacial score (nSPS) is 15.3. The van der Waals surface area contributed by atoms with Crippen molar-refractivity contribution in [3.8, 4) is 0 Å². The molecule has 0 fully saturated rings. The molecule has 0 aliphatic rings. The van der Waals surface area contributed by atoms with Gasteiger partial charge in [0.2, 0.25) is 0 Å². The molecule has 3 heteroatoms. The molecule has 3 N–H and O–H groups in total. The third-order valence-electron chi connectivity index (χ3n) is 1.30. The highest BCUT2D eigenvalue weighted by atomic mass is 16.5. The summed E-state index contributed by atoms with van der Waals surface area (Å²) >= 11 is 0. The van der Waals surface area contributed by atoms with Crippen molar-refractivity contribution in [1.29, 1.82) is 0 Å². The van der Waals surface area contributed by atoms with Gasteiger partial charge >= 0.3 is 0 Å². The van der Waals surface area contributed by atoms with Crippen LogP contribution < -0.4 is 5.73 Å². The molecule has 62 valence electrons. The number of rotatable bonds is 4. The average Bonchev–Trinajstić information content (AvgIpc) is 1.59. The maximum Gasteiger partial charge on any atom is 0.103 e. The van der Waals surface area contributed by atoms with E-state index < -0.39 is 6.23 Å². The molecule has 0 saturated carbocycles. The highest BCUT2D eigenvalue weighted by Crippen LogP contribution is 2.20. The maximum absolute atomic E-state index is 8.84. The Hall–Kier alpha value is -0.120. The van der Waals surface area contributed by atoms with Gasteiger partial charge in [-0.3, -0.25) is 0 Å². The van der Waals surface area contributed by atoms with E-state index in [1.165, 1.54) is 0 Å². The lowest BCUT2D eigenvalue weighted by atomic mass is 9.90. The molecule has 0 radical (unpaired) electrons. The molecular formula is C7H17NO2. The summed E-state index contributed by atoms with van der Waals surface area (Å²) in [6.07, 6.45) is -0.161. The van der Waals surface area contributed by atoms with Crippen LogP contribution in [-0.4, -0.2) is 25.1 Å². The first-order chi connectivity index (χ1) is 4.48. The van der Waals surface area contributed by atoms with E-state index in [4.69, 9.17) is 15.6 Å². The zero-order valence-corrected chi connectivity index (χ0v) is 6.92. The molecular weight excluding hydrogens is 130 g/mol. The fraction of sp³-hybridized carbons (Fsp3) is 1.00. The minimum atomic E-state index is -0.731. The predicted octanol–water partition coefficient (Wildman–Crippen LogP) is 0.326. The predicted molar refractivity (Wildman–Crippen MR) is 40.5 cm³/mol. The lowest BCUT2D eigenvalue weighted by molar-refractivity contribution is 0.0530. The summed E-state index contributed by atoms with van der Waals surface area (Å²) in [5.41, 5.74) is 5.18. The number of hydrogen-bond acceptors (Lipinski definition) is 3. The first kappa shape index (κ1) is 9.88. The van der Waals surface area contributed by atoms with Crippen LogP contribution in [0.25, 0.3) is 0 Å². The highest BCUT2D eigenvalue weighted by Gasteiger charge is 2.19. The van der Waals surface area contributed by atoms with Crippen LogP contribution in [0.1, 0.15) is 20.3 Å². The molecule has 0 aromatic rings. The maximum atomic E-state index is 8.84. The SMILES string of the molecule is COCC(C)(C)CC(N)O. The van der Waals surface area contributed by atoms with Crippen LogP contribution in [0.3, 0.4) is 0 Å². The van der Waals surface area contributed by atoms with Crippen LogP contribution in [0, 0.1) is 5.41 Å². The minimum Gasteiger partial charge on any atom is -0.384 e. The Balaban J connectivity index is 3.63. The van der Waals surface area contributed by atoms with E-state index in [2.05, 4.69) is 0 Å². The number of ether oxygens (including phenoxy) is 1. The molecule has 0 bridgehead atoms. The summed E-state index contributed by atoms with van der Waals surface area (Å²) in [5, 5.41) is 8.84. The lowest BCUT2D eigenvalue weighted by Gasteiger charge is -2.24. The van der Waals surface area contributed by atoms with Crippen LogP contribution in [-0.2, 0) is 4.74 Å². The highest BCUT2D eigenvalue weighted by molar-refractivity contribution is 4.69. The fourth-order valence-corrected chi connectivity index (χ4v) is 1.02. The minimum absolute atomic E-state index is 0.0249. The van der Waals surface area contributed by atoms with Gasteiger partial charge in [0.25, 0.3) is 0 Å². The second-order valence-electron chi connectivity index (χ2n) is 3.37. The Morgan fingerprint density at radius 1 is 1.60 bits per heavy atom. The first-order valence-corrected chi connectivity index (χ1v) is 3.40. The molecule has 1 atom stereocenters. The molecule has 0 amide bonds. The summed E-state index contributed by atoms with van der Waals surface area (Å²) in [6, 6.07) is 0. The van der Waals surface area contributed by atoms with Gasteiger partial charge in [0.05, 0.1) is 6.61 Å². The van der Waals surface area contributed by atoms with Crippen LogP contribution >= 0.6 is 0 Å². The van der Waals surface area contributed by atoms with Crippen LogP contribution in [0.2, 0.25) is 0 Å². The van der Waals surface area contributed by atoms with E-state index in [1.54, 1.807) is 7.11 Å². The van der Waals surface area contributed by atoms with E-state index in [9.17, 15) is 0 Å². The number of hydrogen-bond donors (Lipinski definition) is 2. The van der Waals surface area contributed by atoms with Crippen molar-refractivity contribution < 1.29 is 9.84 Å². The van der Waals surface area contributed by atoms with Crippen molar-refractivity contribution in [2.45, 2.75) is 26.5 Å². The molecule has 0 heterocycles. The van der Waals surface area contributed by atoms with E-state index in [0.717, 1.165) is 0 Å². The van der Waals surface area contributed by atoms with E-state index in [0.29, 0.717) is 13.0 Å². The first-order valence-electron chi connectivity index (χ1n) is 3.40. The number of nitrogens with two attached hydrogens (primary N) is 1. The average molecular weight is 147 g/mol. The van der Waals surface area contributed by atoms with Gasteiger partial charge in [-0.05, 0) is 11.8 Å².